The van der Waals surface area contributed by atoms with E-state index < -0.39 is 34.7 Å². The molecule has 0 radical (unpaired) electrons. The van der Waals surface area contributed by atoms with E-state index in [0.29, 0.717) is 66.0 Å². The van der Waals surface area contributed by atoms with E-state index in [0.717, 1.165) is 0 Å². The van der Waals surface area contributed by atoms with Crippen LogP contribution in [0.15, 0.2) is 0 Å². The molecule has 0 aliphatic heterocycles. The number of hydrogen-bond acceptors (Lipinski definition) is 21. The number of carbonyl (C=O) groups is 7. The first kappa shape index (κ1) is 60.8. The summed E-state index contributed by atoms with van der Waals surface area (Å²) >= 11 is 10.8. The molecule has 0 unspecified atom stereocenters. The molecule has 0 amide bonds. The van der Waals surface area contributed by atoms with Gasteiger partial charge in [0.25, 0.3) is 0 Å². The van der Waals surface area contributed by atoms with E-state index in [9.17, 15) is 33.6 Å². The summed E-state index contributed by atoms with van der Waals surface area (Å²) in [6.45, 7) is 1.25. The van der Waals surface area contributed by atoms with Gasteiger partial charge in [0.15, 0.2) is 0 Å². The Bertz CT molecular complexity index is 1050. The van der Waals surface area contributed by atoms with Crippen LogP contribution < -0.4 is 0 Å². The fourth-order valence-electron chi connectivity index (χ4n) is 4.12. The molecule has 14 nitrogen and oxygen atoms in total. The van der Waals surface area contributed by atoms with E-state index in [1.165, 1.54) is 47.0 Å². The van der Waals surface area contributed by atoms with Crippen molar-refractivity contribution in [2.24, 2.45) is 10.8 Å². The third kappa shape index (κ3) is 34.3. The zero-order valence-corrected chi connectivity index (χ0v) is 42.3. The van der Waals surface area contributed by atoms with Gasteiger partial charge in [0.2, 0.25) is 0 Å². The number of esters is 7. The van der Waals surface area contributed by atoms with Crippen LogP contribution in [0.5, 0.6) is 0 Å². The third-order valence-electron chi connectivity index (χ3n) is 8.10. The summed E-state index contributed by atoms with van der Waals surface area (Å²) in [5.41, 5.74) is -1.91. The molecule has 0 spiro atoms. The largest absolute Gasteiger partial charge is 0.465 e. The Morgan fingerprint density at radius 3 is 0.583 bits per heavy atom. The molecule has 0 aliphatic rings. The fourth-order valence-corrected chi connectivity index (χ4v) is 6.71. The Kier molecular flexibility index (Phi) is 41.1. The number of thioether (sulfide) groups is 7. The maximum Gasteiger partial charge on any atom is 0.306 e. The molecule has 0 saturated carbocycles. The van der Waals surface area contributed by atoms with Crippen molar-refractivity contribution in [1.29, 1.82) is 0 Å². The second kappa shape index (κ2) is 40.5. The van der Waals surface area contributed by atoms with Crippen LogP contribution in [0.1, 0.15) is 58.3 Å². The number of rotatable bonds is 36. The number of ether oxygens (including phenoxy) is 7. The van der Waals surface area contributed by atoms with Crippen LogP contribution in [0.4, 0.5) is 0 Å². The molecule has 0 aliphatic carbocycles. The first-order valence-corrected chi connectivity index (χ1v) is 29.0. The van der Waals surface area contributed by atoms with Crippen molar-refractivity contribution >= 4 is 124 Å². The molecule has 21 heteroatoms. The van der Waals surface area contributed by atoms with Gasteiger partial charge in [-0.15, -0.1) is 0 Å². The maximum atomic E-state index is 12.1. The molecule has 0 saturated heterocycles. The Morgan fingerprint density at radius 2 is 0.450 bits per heavy atom. The number of carbonyl (C=O) groups excluding carboxylic acids is 7. The van der Waals surface area contributed by atoms with Crippen LogP contribution in [0.3, 0.4) is 0 Å². The van der Waals surface area contributed by atoms with E-state index in [4.69, 9.17) is 33.2 Å². The second-order valence-corrected chi connectivity index (χ2v) is 20.1. The van der Waals surface area contributed by atoms with Crippen LogP contribution in [0.2, 0.25) is 0 Å². The van der Waals surface area contributed by atoms with E-state index in [1.54, 1.807) is 35.3 Å². The van der Waals surface area contributed by atoms with Gasteiger partial charge in [0.05, 0.1) is 50.4 Å². The maximum absolute atomic E-state index is 12.1. The zero-order chi connectivity index (χ0) is 45.5. The molecule has 350 valence electrons. The van der Waals surface area contributed by atoms with Crippen LogP contribution in [0.25, 0.3) is 0 Å². The Hall–Kier alpha value is -1.26. The molecule has 0 aromatic carbocycles. The monoisotopic (exact) mass is 984 g/mol. The van der Waals surface area contributed by atoms with Gasteiger partial charge in [-0.25, -0.2) is 0 Å². The van der Waals surface area contributed by atoms with Crippen molar-refractivity contribution in [2.45, 2.75) is 58.3 Å². The average molecular weight is 985 g/mol. The quantitative estimate of drug-likeness (QED) is 0.0494. The SMILES string of the molecule is CCC(COC(=O)CCSC)(COC(=O)CCSC)COC(=O)CCSC.CSCCC(=O)OCC(COC(=O)CCSC)(COC(=O)CCSC)COC(=O)CCSC. The third-order valence-corrected chi connectivity index (χ3v) is 12.4. The minimum Gasteiger partial charge on any atom is -0.465 e. The summed E-state index contributed by atoms with van der Waals surface area (Å²) in [6.07, 6.45) is 15.7. The van der Waals surface area contributed by atoms with Crippen LogP contribution in [-0.4, -0.2) is 172 Å². The molecule has 0 bridgehead atoms. The molecule has 0 aromatic rings. The van der Waals surface area contributed by atoms with Gasteiger partial charge >= 0.3 is 41.8 Å². The van der Waals surface area contributed by atoms with E-state index >= 15 is 0 Å². The second-order valence-electron chi connectivity index (χ2n) is 13.2. The summed E-state index contributed by atoms with van der Waals surface area (Å²) in [5.74, 6) is 1.85. The van der Waals surface area contributed by atoms with Crippen LogP contribution >= 0.6 is 82.3 Å². The molecular weight excluding hydrogens is 917 g/mol. The lowest BCUT2D eigenvalue weighted by Crippen LogP contribution is -2.44. The molecule has 0 N–H and O–H groups in total. The molecule has 0 fully saturated rings. The van der Waals surface area contributed by atoms with E-state index in [1.807, 2.05) is 50.7 Å². The van der Waals surface area contributed by atoms with Crippen molar-refractivity contribution < 1.29 is 66.7 Å². The molecule has 60 heavy (non-hydrogen) atoms. The molecule has 0 atom stereocenters. The highest BCUT2D eigenvalue weighted by atomic mass is 32.2. The summed E-state index contributed by atoms with van der Waals surface area (Å²) in [7, 11) is 0. The van der Waals surface area contributed by atoms with Crippen molar-refractivity contribution in [3.63, 3.8) is 0 Å². The zero-order valence-electron chi connectivity index (χ0n) is 36.6. The van der Waals surface area contributed by atoms with E-state index in [2.05, 4.69) is 0 Å². The summed E-state index contributed by atoms with van der Waals surface area (Å²) in [5, 5.41) is 0. The van der Waals surface area contributed by atoms with E-state index in [-0.39, 0.29) is 89.8 Å². The Morgan fingerprint density at radius 1 is 0.300 bits per heavy atom. The fraction of sp³-hybridized carbons (Fsp3) is 0.821. The average Bonchev–Trinajstić information content (AvgIpc) is 3.25. The van der Waals surface area contributed by atoms with Gasteiger partial charge in [-0.05, 0) is 50.2 Å². The lowest BCUT2D eigenvalue weighted by molar-refractivity contribution is -0.171. The van der Waals surface area contributed by atoms with Crippen molar-refractivity contribution in [3.05, 3.63) is 0 Å². The van der Waals surface area contributed by atoms with Gasteiger partial charge in [-0.3, -0.25) is 33.6 Å². The summed E-state index contributed by atoms with van der Waals surface area (Å²) < 4.78 is 37.8. The summed E-state index contributed by atoms with van der Waals surface area (Å²) in [6, 6.07) is 0. The van der Waals surface area contributed by atoms with Crippen molar-refractivity contribution in [2.75, 3.05) is 130 Å². The molecule has 0 rings (SSSR count). The first-order valence-electron chi connectivity index (χ1n) is 19.3. The van der Waals surface area contributed by atoms with Gasteiger partial charge in [0.1, 0.15) is 51.7 Å². The predicted molar refractivity (Wildman–Crippen MR) is 253 cm³/mol. The van der Waals surface area contributed by atoms with Crippen molar-refractivity contribution in [3.8, 4) is 0 Å². The van der Waals surface area contributed by atoms with Gasteiger partial charge in [0, 0.05) is 40.3 Å². The highest BCUT2D eigenvalue weighted by molar-refractivity contribution is 7.99. The lowest BCUT2D eigenvalue weighted by Gasteiger charge is -2.31. The van der Waals surface area contributed by atoms with Crippen LogP contribution in [0, 0.1) is 10.8 Å². The topological polar surface area (TPSA) is 184 Å². The van der Waals surface area contributed by atoms with Gasteiger partial charge in [-0.1, -0.05) is 6.92 Å². The standard InChI is InChI=1S/C21H36O8S4.C18H32O6S3/c1-30-9-5-17(22)26-13-21(14-27-18(23)6-10-31-2,15-28-19(24)7-11-32-3)16-29-20(25)8-12-33-4;1-5-18(12-22-15(19)6-9-25-2,13-23-16(20)7-10-26-3)14-24-17(21)8-11-27-4/h5-16H2,1-4H3;5-14H2,1-4H3. The van der Waals surface area contributed by atoms with Crippen LogP contribution in [-0.2, 0) is 66.7 Å². The highest BCUT2D eigenvalue weighted by Gasteiger charge is 2.38. The first-order chi connectivity index (χ1) is 28.7. The lowest BCUT2D eigenvalue weighted by atomic mass is 9.88. The molecule has 0 heterocycles. The Labute approximate surface area is 387 Å². The normalized spacial score (nSPS) is 11.1. The number of hydrogen-bond donors (Lipinski definition) is 0. The van der Waals surface area contributed by atoms with Crippen molar-refractivity contribution in [1.82, 2.24) is 0 Å². The Balaban J connectivity index is 0. The van der Waals surface area contributed by atoms with Gasteiger partial charge < -0.3 is 33.2 Å². The minimum atomic E-state index is -1.19. The predicted octanol–water partition coefficient (Wildman–Crippen LogP) is 6.43. The smallest absolute Gasteiger partial charge is 0.306 e. The molecular formula is C39H68O14S7. The molecule has 0 aromatic heterocycles. The highest BCUT2D eigenvalue weighted by Crippen LogP contribution is 2.26. The summed E-state index contributed by atoms with van der Waals surface area (Å²) in [4.78, 5) is 84.1. The minimum absolute atomic E-state index is 0.0579. The van der Waals surface area contributed by atoms with Gasteiger partial charge in [-0.2, -0.15) is 82.3 Å².